The number of benzene rings is 2. The third-order valence-electron chi connectivity index (χ3n) is 4.70. The normalized spacial score (nSPS) is 10.8. The van der Waals surface area contributed by atoms with E-state index < -0.39 is 0 Å². The van der Waals surface area contributed by atoms with Crippen molar-refractivity contribution in [2.75, 3.05) is 17.2 Å². The number of furan rings is 1. The quantitative estimate of drug-likeness (QED) is 0.322. The van der Waals surface area contributed by atoms with Gasteiger partial charge in [0.15, 0.2) is 0 Å². The van der Waals surface area contributed by atoms with Crippen LogP contribution in [0.15, 0.2) is 71.5 Å². The average molecular weight is 459 g/mol. The van der Waals surface area contributed by atoms with E-state index in [-0.39, 0.29) is 5.91 Å². The van der Waals surface area contributed by atoms with Crippen LogP contribution in [0.2, 0.25) is 5.02 Å². The van der Waals surface area contributed by atoms with Gasteiger partial charge in [0.05, 0.1) is 35.3 Å². The SMILES string of the molecule is CCOc1cc2ncc(C#N)c(Nc3ccc(Cl)cc3)c2cc1NC(=O)C=Cc1ccco1. The summed E-state index contributed by atoms with van der Waals surface area (Å²) in [5.74, 6) is 0.675. The molecule has 2 aromatic carbocycles. The van der Waals surface area contributed by atoms with Crippen LogP contribution in [0.5, 0.6) is 5.75 Å². The van der Waals surface area contributed by atoms with Gasteiger partial charge in [-0.15, -0.1) is 0 Å². The van der Waals surface area contributed by atoms with Crippen molar-refractivity contribution < 1.29 is 13.9 Å². The van der Waals surface area contributed by atoms with Gasteiger partial charge in [-0.25, -0.2) is 0 Å². The van der Waals surface area contributed by atoms with E-state index in [1.165, 1.54) is 18.5 Å². The number of nitrogens with zero attached hydrogens (tertiary/aromatic N) is 2. The van der Waals surface area contributed by atoms with E-state index in [2.05, 4.69) is 21.7 Å². The summed E-state index contributed by atoms with van der Waals surface area (Å²) in [4.78, 5) is 16.9. The highest BCUT2D eigenvalue weighted by molar-refractivity contribution is 6.30. The summed E-state index contributed by atoms with van der Waals surface area (Å²) >= 11 is 5.99. The van der Waals surface area contributed by atoms with Crippen molar-refractivity contribution in [3.05, 3.63) is 83.4 Å². The number of hydrogen-bond acceptors (Lipinski definition) is 6. The summed E-state index contributed by atoms with van der Waals surface area (Å²) in [7, 11) is 0. The van der Waals surface area contributed by atoms with Gasteiger partial charge in [-0.05, 0) is 55.5 Å². The molecule has 2 N–H and O–H groups in total. The van der Waals surface area contributed by atoms with Gasteiger partial charge >= 0.3 is 0 Å². The zero-order chi connectivity index (χ0) is 23.2. The molecule has 7 nitrogen and oxygen atoms in total. The number of nitriles is 1. The molecule has 2 heterocycles. The maximum absolute atomic E-state index is 12.5. The van der Waals surface area contributed by atoms with Gasteiger partial charge in [-0.3, -0.25) is 9.78 Å². The summed E-state index contributed by atoms with van der Waals surface area (Å²) < 4.78 is 10.9. The number of halogens is 1. The van der Waals surface area contributed by atoms with Crippen molar-refractivity contribution >= 4 is 51.5 Å². The summed E-state index contributed by atoms with van der Waals surface area (Å²) in [6, 6.07) is 16.3. The van der Waals surface area contributed by atoms with Crippen molar-refractivity contribution in [3.8, 4) is 11.8 Å². The number of rotatable bonds is 7. The molecule has 0 spiro atoms. The largest absolute Gasteiger partial charge is 0.492 e. The molecule has 4 rings (SSSR count). The Labute approximate surface area is 195 Å². The van der Waals surface area contributed by atoms with Crippen LogP contribution < -0.4 is 15.4 Å². The van der Waals surface area contributed by atoms with Crippen LogP contribution in [0.3, 0.4) is 0 Å². The molecule has 4 aromatic rings. The molecule has 0 aliphatic carbocycles. The van der Waals surface area contributed by atoms with Gasteiger partial charge in [0.2, 0.25) is 5.91 Å². The minimum Gasteiger partial charge on any atom is -0.492 e. The molecule has 0 saturated carbocycles. The number of hydrogen-bond donors (Lipinski definition) is 2. The van der Waals surface area contributed by atoms with Gasteiger partial charge in [0.1, 0.15) is 17.6 Å². The minimum absolute atomic E-state index is 0.358. The number of anilines is 3. The lowest BCUT2D eigenvalue weighted by Crippen LogP contribution is -2.10. The number of carbonyl (C=O) groups is 1. The molecule has 0 saturated heterocycles. The van der Waals surface area contributed by atoms with Gasteiger partial charge in [0, 0.05) is 34.4 Å². The zero-order valence-electron chi connectivity index (χ0n) is 17.6. The average Bonchev–Trinajstić information content (AvgIpc) is 3.34. The number of amides is 1. The first-order valence-electron chi connectivity index (χ1n) is 10.1. The zero-order valence-corrected chi connectivity index (χ0v) is 18.4. The monoisotopic (exact) mass is 458 g/mol. The van der Waals surface area contributed by atoms with Crippen molar-refractivity contribution in [1.82, 2.24) is 4.98 Å². The number of pyridine rings is 1. The molecule has 0 radical (unpaired) electrons. The maximum atomic E-state index is 12.5. The predicted octanol–water partition coefficient (Wildman–Crippen LogP) is 6.15. The fourth-order valence-corrected chi connectivity index (χ4v) is 3.33. The molecule has 0 atom stereocenters. The van der Waals surface area contributed by atoms with Crippen LogP contribution in [0.4, 0.5) is 17.1 Å². The second-order valence-corrected chi connectivity index (χ2v) is 7.36. The van der Waals surface area contributed by atoms with Crippen molar-refractivity contribution in [2.24, 2.45) is 0 Å². The van der Waals surface area contributed by atoms with Crippen molar-refractivity contribution in [1.29, 1.82) is 5.26 Å². The highest BCUT2D eigenvalue weighted by Crippen LogP contribution is 2.36. The summed E-state index contributed by atoms with van der Waals surface area (Å²) in [5, 5.41) is 17.0. The summed E-state index contributed by atoms with van der Waals surface area (Å²) in [5.41, 5.74) is 2.74. The van der Waals surface area contributed by atoms with Crippen LogP contribution >= 0.6 is 11.6 Å². The highest BCUT2D eigenvalue weighted by atomic mass is 35.5. The Kier molecular flexibility index (Phi) is 6.58. The molecule has 0 fully saturated rings. The Bertz CT molecular complexity index is 1360. The number of nitrogens with one attached hydrogen (secondary N) is 2. The van der Waals surface area contributed by atoms with E-state index in [1.54, 1.807) is 42.5 Å². The Balaban J connectivity index is 1.75. The first kappa shape index (κ1) is 21.9. The fourth-order valence-electron chi connectivity index (χ4n) is 3.21. The van der Waals surface area contributed by atoms with Crippen LogP contribution in [-0.4, -0.2) is 17.5 Å². The smallest absolute Gasteiger partial charge is 0.248 e. The van der Waals surface area contributed by atoms with Crippen molar-refractivity contribution in [3.63, 3.8) is 0 Å². The lowest BCUT2D eigenvalue weighted by molar-refractivity contribution is -0.111. The van der Waals surface area contributed by atoms with Crippen LogP contribution in [0.1, 0.15) is 18.2 Å². The van der Waals surface area contributed by atoms with Crippen LogP contribution in [0.25, 0.3) is 17.0 Å². The molecule has 0 aliphatic heterocycles. The number of ether oxygens (including phenoxy) is 1. The molecular formula is C25H19ClN4O3. The Morgan fingerprint density at radius 2 is 2.09 bits per heavy atom. The van der Waals surface area contributed by atoms with E-state index >= 15 is 0 Å². The third-order valence-corrected chi connectivity index (χ3v) is 4.96. The Hall–Kier alpha value is -4.28. The number of fused-ring (bicyclic) bond motifs is 1. The molecule has 1 amide bonds. The Morgan fingerprint density at radius 1 is 1.27 bits per heavy atom. The van der Waals surface area contributed by atoms with E-state index in [4.69, 9.17) is 20.8 Å². The summed E-state index contributed by atoms with van der Waals surface area (Å²) in [6.45, 7) is 2.26. The lowest BCUT2D eigenvalue weighted by atomic mass is 10.1. The van der Waals surface area contributed by atoms with Gasteiger partial charge in [0.25, 0.3) is 0 Å². The molecule has 0 unspecified atom stereocenters. The molecular weight excluding hydrogens is 440 g/mol. The van der Waals surface area contributed by atoms with Gasteiger partial charge < -0.3 is 19.8 Å². The molecule has 2 aromatic heterocycles. The summed E-state index contributed by atoms with van der Waals surface area (Å²) in [6.07, 6.45) is 5.97. The van der Waals surface area contributed by atoms with Crippen molar-refractivity contribution in [2.45, 2.75) is 6.92 Å². The van der Waals surface area contributed by atoms with Crippen LogP contribution in [-0.2, 0) is 4.79 Å². The lowest BCUT2D eigenvalue weighted by Gasteiger charge is -2.16. The van der Waals surface area contributed by atoms with Crippen LogP contribution in [0, 0.1) is 11.3 Å². The highest BCUT2D eigenvalue weighted by Gasteiger charge is 2.15. The first-order valence-corrected chi connectivity index (χ1v) is 10.5. The fraction of sp³-hybridized carbons (Fsp3) is 0.0800. The third kappa shape index (κ3) is 5.14. The number of carbonyl (C=O) groups excluding carboxylic acids is 1. The topological polar surface area (TPSA) is 100 Å². The molecule has 8 heteroatoms. The second-order valence-electron chi connectivity index (χ2n) is 6.93. The minimum atomic E-state index is -0.358. The molecule has 0 bridgehead atoms. The van der Waals surface area contributed by atoms with E-state index in [9.17, 15) is 10.1 Å². The van der Waals surface area contributed by atoms with Gasteiger partial charge in [-0.1, -0.05) is 11.6 Å². The Morgan fingerprint density at radius 3 is 2.79 bits per heavy atom. The molecule has 164 valence electrons. The standard InChI is InChI=1S/C25H19ClN4O3/c1-2-32-23-13-21-20(12-22(23)30-24(31)10-9-19-4-3-11-33-19)25(16(14-27)15-28-21)29-18-7-5-17(26)6-8-18/h3-13,15H,2H2,1H3,(H,28,29)(H,30,31). The van der Waals surface area contributed by atoms with Gasteiger partial charge in [-0.2, -0.15) is 5.26 Å². The van der Waals surface area contributed by atoms with E-state index in [0.717, 1.165) is 5.69 Å². The number of aromatic nitrogens is 1. The molecule has 33 heavy (non-hydrogen) atoms. The van der Waals surface area contributed by atoms with E-state index in [1.807, 2.05) is 19.1 Å². The first-order chi connectivity index (χ1) is 16.1. The maximum Gasteiger partial charge on any atom is 0.248 e. The second kappa shape index (κ2) is 9.90. The van der Waals surface area contributed by atoms with E-state index in [0.29, 0.717) is 51.0 Å². The predicted molar refractivity (Wildman–Crippen MR) is 129 cm³/mol. The molecule has 0 aliphatic rings.